The molecule has 21 heavy (non-hydrogen) atoms. The first-order valence-electron chi connectivity index (χ1n) is 7.31. The Labute approximate surface area is 126 Å². The molecule has 1 aliphatic rings. The zero-order valence-corrected chi connectivity index (χ0v) is 13.1. The van der Waals surface area contributed by atoms with E-state index in [2.05, 4.69) is 10.6 Å². The molecule has 1 saturated heterocycles. The van der Waals surface area contributed by atoms with Crippen molar-refractivity contribution in [1.29, 1.82) is 0 Å². The van der Waals surface area contributed by atoms with Crippen LogP contribution in [0.2, 0.25) is 0 Å². The lowest BCUT2D eigenvalue weighted by atomic mass is 10.1. The van der Waals surface area contributed by atoms with Crippen LogP contribution in [0.1, 0.15) is 38.1 Å². The Bertz CT molecular complexity index is 473. The molecule has 1 amide bonds. The Hall–Kier alpha value is -1.59. The van der Waals surface area contributed by atoms with Crippen molar-refractivity contribution >= 4 is 11.6 Å². The minimum atomic E-state index is -0.503. The summed E-state index contributed by atoms with van der Waals surface area (Å²) in [4.78, 5) is 11.9. The third-order valence-electron chi connectivity index (χ3n) is 3.20. The van der Waals surface area contributed by atoms with Gasteiger partial charge in [0, 0.05) is 17.3 Å². The van der Waals surface area contributed by atoms with Crippen LogP contribution in [0.15, 0.2) is 24.3 Å². The predicted molar refractivity (Wildman–Crippen MR) is 82.4 cm³/mol. The van der Waals surface area contributed by atoms with Gasteiger partial charge < -0.3 is 20.1 Å². The highest BCUT2D eigenvalue weighted by molar-refractivity contribution is 5.94. The first-order chi connectivity index (χ1) is 9.85. The van der Waals surface area contributed by atoms with Gasteiger partial charge in [-0.25, -0.2) is 0 Å². The maximum absolute atomic E-state index is 11.9. The standard InChI is InChI=1S/C16H24N2O3/c1-11(2)17-15(19)12-5-7-13(8-6-12)18-14-9-20-16(3,4)21-10-14/h5-8,11,14,18H,9-10H2,1-4H3,(H,17,19). The summed E-state index contributed by atoms with van der Waals surface area (Å²) in [5, 5.41) is 6.21. The zero-order chi connectivity index (χ0) is 15.5. The van der Waals surface area contributed by atoms with Crippen LogP contribution in [0.5, 0.6) is 0 Å². The second-order valence-corrected chi connectivity index (χ2v) is 6.07. The van der Waals surface area contributed by atoms with E-state index < -0.39 is 5.79 Å². The number of hydrogen-bond acceptors (Lipinski definition) is 4. The van der Waals surface area contributed by atoms with E-state index in [1.54, 1.807) is 0 Å². The Morgan fingerprint density at radius 1 is 1.19 bits per heavy atom. The summed E-state index contributed by atoms with van der Waals surface area (Å²) < 4.78 is 11.2. The molecule has 1 heterocycles. The molecule has 5 heteroatoms. The highest BCUT2D eigenvalue weighted by atomic mass is 16.7. The molecule has 0 saturated carbocycles. The average molecular weight is 292 g/mol. The van der Waals surface area contributed by atoms with Crippen molar-refractivity contribution in [2.75, 3.05) is 18.5 Å². The summed E-state index contributed by atoms with van der Waals surface area (Å²) in [7, 11) is 0. The molecule has 0 spiro atoms. The van der Waals surface area contributed by atoms with Gasteiger partial charge in [0.1, 0.15) is 0 Å². The number of amides is 1. The second kappa shape index (κ2) is 6.45. The summed E-state index contributed by atoms with van der Waals surface area (Å²) in [5.41, 5.74) is 1.61. The topological polar surface area (TPSA) is 59.6 Å². The minimum absolute atomic E-state index is 0.0531. The van der Waals surface area contributed by atoms with Gasteiger partial charge in [0.2, 0.25) is 0 Å². The van der Waals surface area contributed by atoms with Crippen LogP contribution >= 0.6 is 0 Å². The fraction of sp³-hybridized carbons (Fsp3) is 0.562. The number of anilines is 1. The van der Waals surface area contributed by atoms with Gasteiger partial charge >= 0.3 is 0 Å². The number of benzene rings is 1. The normalized spacial score (nSPS) is 18.5. The lowest BCUT2D eigenvalue weighted by Crippen LogP contribution is -2.45. The van der Waals surface area contributed by atoms with Gasteiger partial charge in [-0.3, -0.25) is 4.79 Å². The monoisotopic (exact) mass is 292 g/mol. The highest BCUT2D eigenvalue weighted by Crippen LogP contribution is 2.19. The predicted octanol–water partition coefficient (Wildman–Crippen LogP) is 2.39. The fourth-order valence-electron chi connectivity index (χ4n) is 2.07. The van der Waals surface area contributed by atoms with Crippen molar-refractivity contribution in [3.05, 3.63) is 29.8 Å². The van der Waals surface area contributed by atoms with Crippen molar-refractivity contribution in [2.24, 2.45) is 0 Å². The number of carbonyl (C=O) groups excluding carboxylic acids is 1. The van der Waals surface area contributed by atoms with Crippen molar-refractivity contribution < 1.29 is 14.3 Å². The van der Waals surface area contributed by atoms with Gasteiger partial charge in [-0.1, -0.05) is 0 Å². The summed E-state index contributed by atoms with van der Waals surface area (Å²) in [6, 6.07) is 7.68. The van der Waals surface area contributed by atoms with Crippen LogP contribution in [-0.2, 0) is 9.47 Å². The number of hydrogen-bond donors (Lipinski definition) is 2. The molecule has 1 fully saturated rings. The Kier molecular flexibility index (Phi) is 4.85. The SMILES string of the molecule is CC(C)NC(=O)c1ccc(NC2COC(C)(C)OC2)cc1. The maximum atomic E-state index is 11.9. The van der Waals surface area contributed by atoms with E-state index in [4.69, 9.17) is 9.47 Å². The number of nitrogens with one attached hydrogen (secondary N) is 2. The van der Waals surface area contributed by atoms with Crippen molar-refractivity contribution in [3.63, 3.8) is 0 Å². The molecule has 0 unspecified atom stereocenters. The van der Waals surface area contributed by atoms with Gasteiger partial charge in [-0.15, -0.1) is 0 Å². The molecule has 0 atom stereocenters. The molecule has 2 rings (SSSR count). The van der Waals surface area contributed by atoms with E-state index >= 15 is 0 Å². The Balaban J connectivity index is 1.89. The van der Waals surface area contributed by atoms with E-state index in [1.807, 2.05) is 52.0 Å². The molecule has 0 aromatic heterocycles. The summed E-state index contributed by atoms with van der Waals surface area (Å²) in [6.45, 7) is 8.90. The van der Waals surface area contributed by atoms with Crippen LogP contribution in [0, 0.1) is 0 Å². The Morgan fingerprint density at radius 3 is 2.29 bits per heavy atom. The number of ether oxygens (including phenoxy) is 2. The van der Waals surface area contributed by atoms with Crippen LogP contribution in [0.3, 0.4) is 0 Å². The molecule has 2 N–H and O–H groups in total. The van der Waals surface area contributed by atoms with E-state index in [0.29, 0.717) is 18.8 Å². The molecule has 5 nitrogen and oxygen atoms in total. The molecule has 1 aromatic rings. The van der Waals surface area contributed by atoms with Crippen LogP contribution < -0.4 is 10.6 Å². The largest absolute Gasteiger partial charge is 0.378 e. The van der Waals surface area contributed by atoms with E-state index in [0.717, 1.165) is 5.69 Å². The van der Waals surface area contributed by atoms with Crippen LogP contribution in [0.4, 0.5) is 5.69 Å². The maximum Gasteiger partial charge on any atom is 0.251 e. The van der Waals surface area contributed by atoms with Gasteiger partial charge in [0.05, 0.1) is 19.3 Å². The van der Waals surface area contributed by atoms with Gasteiger partial charge in [0.15, 0.2) is 5.79 Å². The third kappa shape index (κ3) is 4.72. The van der Waals surface area contributed by atoms with Gasteiger partial charge in [-0.2, -0.15) is 0 Å². The second-order valence-electron chi connectivity index (χ2n) is 6.07. The van der Waals surface area contributed by atoms with E-state index in [1.165, 1.54) is 0 Å². The average Bonchev–Trinajstić information content (AvgIpc) is 2.41. The van der Waals surface area contributed by atoms with Crippen LogP contribution in [-0.4, -0.2) is 37.0 Å². The number of rotatable bonds is 4. The molecule has 0 radical (unpaired) electrons. The summed E-state index contributed by atoms with van der Waals surface area (Å²) in [6.07, 6.45) is 0. The number of carbonyl (C=O) groups is 1. The minimum Gasteiger partial charge on any atom is -0.378 e. The highest BCUT2D eigenvalue weighted by Gasteiger charge is 2.28. The molecule has 0 aliphatic carbocycles. The first kappa shape index (κ1) is 15.8. The lowest BCUT2D eigenvalue weighted by Gasteiger charge is -2.35. The quantitative estimate of drug-likeness (QED) is 0.894. The van der Waals surface area contributed by atoms with E-state index in [-0.39, 0.29) is 18.0 Å². The summed E-state index contributed by atoms with van der Waals surface area (Å²) in [5.74, 6) is -0.556. The van der Waals surface area contributed by atoms with Crippen molar-refractivity contribution in [2.45, 2.75) is 45.6 Å². The molecular weight excluding hydrogens is 268 g/mol. The zero-order valence-electron chi connectivity index (χ0n) is 13.1. The smallest absolute Gasteiger partial charge is 0.251 e. The van der Waals surface area contributed by atoms with Crippen LogP contribution in [0.25, 0.3) is 0 Å². The van der Waals surface area contributed by atoms with Crippen molar-refractivity contribution in [3.8, 4) is 0 Å². The third-order valence-corrected chi connectivity index (χ3v) is 3.20. The molecule has 1 aromatic carbocycles. The van der Waals surface area contributed by atoms with Gasteiger partial charge in [-0.05, 0) is 52.0 Å². The molecule has 1 aliphatic heterocycles. The Morgan fingerprint density at radius 2 is 1.76 bits per heavy atom. The fourth-order valence-corrected chi connectivity index (χ4v) is 2.07. The molecule has 116 valence electrons. The molecular formula is C16H24N2O3. The van der Waals surface area contributed by atoms with Gasteiger partial charge in [0.25, 0.3) is 5.91 Å². The lowest BCUT2D eigenvalue weighted by molar-refractivity contribution is -0.247. The summed E-state index contributed by atoms with van der Waals surface area (Å²) >= 11 is 0. The first-order valence-corrected chi connectivity index (χ1v) is 7.31. The van der Waals surface area contributed by atoms with Crippen molar-refractivity contribution in [1.82, 2.24) is 5.32 Å². The van der Waals surface area contributed by atoms with E-state index in [9.17, 15) is 4.79 Å². The molecule has 0 bridgehead atoms.